The Hall–Kier alpha value is -1.39. The van der Waals surface area contributed by atoms with E-state index in [1.165, 1.54) is 12.6 Å². The van der Waals surface area contributed by atoms with Crippen LogP contribution in [0.25, 0.3) is 0 Å². The van der Waals surface area contributed by atoms with E-state index in [9.17, 15) is 4.79 Å². The molecule has 5 nitrogen and oxygen atoms in total. The van der Waals surface area contributed by atoms with Gasteiger partial charge in [0.05, 0.1) is 6.20 Å². The summed E-state index contributed by atoms with van der Waals surface area (Å²) in [4.78, 5) is 11.5. The van der Waals surface area contributed by atoms with Crippen molar-refractivity contribution in [2.24, 2.45) is 5.92 Å². The maximum Gasteiger partial charge on any atom is 0.273 e. The molecule has 2 atom stereocenters. The number of aromatic nitrogens is 3. The predicted octanol–water partition coefficient (Wildman–Crippen LogP) is 0.723. The first kappa shape index (κ1) is 9.18. The van der Waals surface area contributed by atoms with Gasteiger partial charge < -0.3 is 5.32 Å². The molecule has 1 aromatic rings. The van der Waals surface area contributed by atoms with E-state index in [4.69, 9.17) is 0 Å². The molecule has 5 heteroatoms. The zero-order valence-corrected chi connectivity index (χ0v) is 8.16. The average Bonchev–Trinajstić information content (AvgIpc) is 2.75. The second-order valence-corrected chi connectivity index (χ2v) is 3.94. The molecule has 0 saturated heterocycles. The van der Waals surface area contributed by atoms with Crippen molar-refractivity contribution in [3.05, 3.63) is 11.9 Å². The van der Waals surface area contributed by atoms with Crippen LogP contribution in [0.4, 0.5) is 0 Å². The van der Waals surface area contributed by atoms with Crippen LogP contribution < -0.4 is 5.32 Å². The number of nitrogens with zero attached hydrogens (tertiary/aromatic N) is 2. The molecule has 0 spiro atoms. The monoisotopic (exact) mass is 194 g/mol. The van der Waals surface area contributed by atoms with Crippen molar-refractivity contribution in [1.29, 1.82) is 0 Å². The fourth-order valence-electron chi connectivity index (χ4n) is 1.91. The molecule has 0 bridgehead atoms. The van der Waals surface area contributed by atoms with Gasteiger partial charge in [-0.3, -0.25) is 4.79 Å². The molecule has 0 aromatic carbocycles. The normalized spacial score (nSPS) is 26.4. The lowest BCUT2D eigenvalue weighted by Gasteiger charge is -2.10. The number of aromatic amines is 1. The molecule has 76 valence electrons. The number of hydrogen-bond donors (Lipinski definition) is 2. The van der Waals surface area contributed by atoms with Gasteiger partial charge >= 0.3 is 0 Å². The third-order valence-electron chi connectivity index (χ3n) is 2.68. The number of nitrogens with one attached hydrogen (secondary N) is 2. The Kier molecular flexibility index (Phi) is 2.47. The summed E-state index contributed by atoms with van der Waals surface area (Å²) in [6, 6.07) is 0.314. The van der Waals surface area contributed by atoms with Crippen LogP contribution in [-0.4, -0.2) is 27.4 Å². The van der Waals surface area contributed by atoms with Gasteiger partial charge in [0.2, 0.25) is 0 Å². The SMILES string of the molecule is CC1CCC(NC(=O)c2cn[nH]n2)C1. The minimum absolute atomic E-state index is 0.127. The van der Waals surface area contributed by atoms with Crippen LogP contribution in [0.2, 0.25) is 0 Å². The smallest absolute Gasteiger partial charge is 0.273 e. The van der Waals surface area contributed by atoms with E-state index >= 15 is 0 Å². The Morgan fingerprint density at radius 1 is 1.64 bits per heavy atom. The van der Waals surface area contributed by atoms with Crippen molar-refractivity contribution in [2.45, 2.75) is 32.2 Å². The Morgan fingerprint density at radius 3 is 3.07 bits per heavy atom. The van der Waals surface area contributed by atoms with Crippen LogP contribution in [0.3, 0.4) is 0 Å². The van der Waals surface area contributed by atoms with E-state index in [2.05, 4.69) is 27.7 Å². The van der Waals surface area contributed by atoms with Crippen molar-refractivity contribution in [3.8, 4) is 0 Å². The lowest BCUT2D eigenvalue weighted by atomic mass is 10.1. The summed E-state index contributed by atoms with van der Waals surface area (Å²) >= 11 is 0. The van der Waals surface area contributed by atoms with Gasteiger partial charge in [0.25, 0.3) is 5.91 Å². The first-order chi connectivity index (χ1) is 6.75. The van der Waals surface area contributed by atoms with Gasteiger partial charge in [-0.1, -0.05) is 6.92 Å². The lowest BCUT2D eigenvalue weighted by Crippen LogP contribution is -2.33. The average molecular weight is 194 g/mol. The molecule has 2 rings (SSSR count). The van der Waals surface area contributed by atoms with Crippen molar-refractivity contribution >= 4 is 5.91 Å². The number of H-pyrrole nitrogens is 1. The zero-order valence-electron chi connectivity index (χ0n) is 8.16. The summed E-state index contributed by atoms with van der Waals surface area (Å²) in [5, 5.41) is 12.7. The minimum atomic E-state index is -0.127. The molecule has 0 radical (unpaired) electrons. The fourth-order valence-corrected chi connectivity index (χ4v) is 1.91. The van der Waals surface area contributed by atoms with E-state index in [0.717, 1.165) is 18.8 Å². The quantitative estimate of drug-likeness (QED) is 0.728. The summed E-state index contributed by atoms with van der Waals surface area (Å²) < 4.78 is 0. The van der Waals surface area contributed by atoms with Gasteiger partial charge in [-0.05, 0) is 25.2 Å². The number of carbonyl (C=O) groups is 1. The van der Waals surface area contributed by atoms with Gasteiger partial charge in [-0.2, -0.15) is 15.4 Å². The van der Waals surface area contributed by atoms with Gasteiger partial charge in [0.1, 0.15) is 0 Å². The van der Waals surface area contributed by atoms with Gasteiger partial charge in [-0.15, -0.1) is 0 Å². The molecule has 1 aromatic heterocycles. The van der Waals surface area contributed by atoms with Crippen molar-refractivity contribution in [1.82, 2.24) is 20.7 Å². The van der Waals surface area contributed by atoms with Gasteiger partial charge in [-0.25, -0.2) is 0 Å². The van der Waals surface area contributed by atoms with E-state index in [1.54, 1.807) is 0 Å². The zero-order chi connectivity index (χ0) is 9.97. The summed E-state index contributed by atoms with van der Waals surface area (Å²) in [7, 11) is 0. The van der Waals surface area contributed by atoms with Crippen LogP contribution in [0.1, 0.15) is 36.7 Å². The molecule has 1 heterocycles. The molecule has 0 aliphatic heterocycles. The number of carbonyl (C=O) groups excluding carboxylic acids is 1. The molecular formula is C9H14N4O. The molecule has 14 heavy (non-hydrogen) atoms. The molecule has 1 amide bonds. The number of rotatable bonds is 2. The van der Waals surface area contributed by atoms with Gasteiger partial charge in [0, 0.05) is 6.04 Å². The summed E-state index contributed by atoms with van der Waals surface area (Å²) in [6.45, 7) is 2.21. The maximum atomic E-state index is 11.5. The Labute approximate surface area is 82.3 Å². The van der Waals surface area contributed by atoms with E-state index in [-0.39, 0.29) is 5.91 Å². The summed E-state index contributed by atoms with van der Waals surface area (Å²) in [6.07, 6.45) is 4.78. The highest BCUT2D eigenvalue weighted by Crippen LogP contribution is 2.24. The second kappa shape index (κ2) is 3.77. The molecular weight excluding hydrogens is 180 g/mol. The van der Waals surface area contributed by atoms with Crippen molar-refractivity contribution in [3.63, 3.8) is 0 Å². The highest BCUT2D eigenvalue weighted by atomic mass is 16.2. The largest absolute Gasteiger partial charge is 0.348 e. The van der Waals surface area contributed by atoms with Crippen LogP contribution in [0.5, 0.6) is 0 Å². The number of hydrogen-bond acceptors (Lipinski definition) is 3. The van der Waals surface area contributed by atoms with E-state index in [1.807, 2.05) is 0 Å². The summed E-state index contributed by atoms with van der Waals surface area (Å²) in [5.41, 5.74) is 0.365. The third kappa shape index (κ3) is 1.92. The fraction of sp³-hybridized carbons (Fsp3) is 0.667. The molecule has 1 aliphatic rings. The number of amides is 1. The Bertz CT molecular complexity index is 309. The standard InChI is InChI=1S/C9H14N4O/c1-6-2-3-7(4-6)11-9(14)8-5-10-13-12-8/h5-7H,2-4H2,1H3,(H,11,14)(H,10,12,13). The first-order valence-corrected chi connectivity index (χ1v) is 4.92. The van der Waals surface area contributed by atoms with E-state index < -0.39 is 0 Å². The lowest BCUT2D eigenvalue weighted by molar-refractivity contribution is 0.0932. The summed E-state index contributed by atoms with van der Waals surface area (Å²) in [5.74, 6) is 0.593. The molecule has 1 fully saturated rings. The predicted molar refractivity (Wildman–Crippen MR) is 50.7 cm³/mol. The van der Waals surface area contributed by atoms with Crippen LogP contribution in [0, 0.1) is 5.92 Å². The molecule has 2 N–H and O–H groups in total. The third-order valence-corrected chi connectivity index (χ3v) is 2.68. The van der Waals surface area contributed by atoms with E-state index in [0.29, 0.717) is 11.7 Å². The first-order valence-electron chi connectivity index (χ1n) is 4.92. The van der Waals surface area contributed by atoms with Crippen molar-refractivity contribution in [2.75, 3.05) is 0 Å². The highest BCUT2D eigenvalue weighted by molar-refractivity contribution is 5.91. The van der Waals surface area contributed by atoms with Crippen LogP contribution in [0.15, 0.2) is 6.20 Å². The van der Waals surface area contributed by atoms with Gasteiger partial charge in [0.15, 0.2) is 5.69 Å². The minimum Gasteiger partial charge on any atom is -0.348 e. The molecule has 1 saturated carbocycles. The van der Waals surface area contributed by atoms with Crippen LogP contribution >= 0.6 is 0 Å². The Balaban J connectivity index is 1.89. The Morgan fingerprint density at radius 2 is 2.50 bits per heavy atom. The van der Waals surface area contributed by atoms with Crippen LogP contribution in [-0.2, 0) is 0 Å². The molecule has 2 unspecified atom stereocenters. The van der Waals surface area contributed by atoms with Crippen molar-refractivity contribution < 1.29 is 4.79 Å². The highest BCUT2D eigenvalue weighted by Gasteiger charge is 2.23. The molecule has 1 aliphatic carbocycles. The topological polar surface area (TPSA) is 70.7 Å². The second-order valence-electron chi connectivity index (χ2n) is 3.94. The maximum absolute atomic E-state index is 11.5.